The smallest absolute Gasteiger partial charge is 0.410 e. The molecular formula is C11H20N2O2. The maximum Gasteiger partial charge on any atom is 0.410 e. The van der Waals surface area contributed by atoms with Gasteiger partial charge in [-0.05, 0) is 40.5 Å². The number of ether oxygens (including phenoxy) is 1. The predicted octanol–water partition coefficient (Wildman–Crippen LogP) is 1.49. The second kappa shape index (κ2) is 2.67. The molecule has 2 bridgehead atoms. The molecule has 3 rings (SSSR count). The van der Waals surface area contributed by atoms with Crippen molar-refractivity contribution in [1.29, 1.82) is 0 Å². The number of nitrogens with zero attached hydrogens (tertiary/aromatic N) is 1. The van der Waals surface area contributed by atoms with E-state index in [9.17, 15) is 4.79 Å². The minimum atomic E-state index is -0.428. The van der Waals surface area contributed by atoms with Gasteiger partial charge < -0.3 is 15.4 Å². The number of rotatable bonds is 0. The monoisotopic (exact) mass is 212 g/mol. The highest BCUT2D eigenvalue weighted by Crippen LogP contribution is 2.51. The number of carbonyl (C=O) groups is 1. The third-order valence-electron chi connectivity index (χ3n) is 3.20. The third kappa shape index (κ3) is 1.71. The molecule has 3 aliphatic rings. The highest BCUT2D eigenvalue weighted by Gasteiger charge is 2.63. The van der Waals surface area contributed by atoms with Crippen LogP contribution in [0.2, 0.25) is 0 Å². The summed E-state index contributed by atoms with van der Waals surface area (Å²) in [6.45, 7) is 8.36. The van der Waals surface area contributed by atoms with E-state index < -0.39 is 5.60 Å². The average Bonchev–Trinajstić information content (AvgIpc) is 2.30. The van der Waals surface area contributed by atoms with E-state index in [-0.39, 0.29) is 17.2 Å². The zero-order valence-electron chi connectivity index (χ0n) is 9.96. The molecule has 0 radical (unpaired) electrons. The summed E-state index contributed by atoms with van der Waals surface area (Å²) in [5, 5.41) is 0. The van der Waals surface area contributed by atoms with Crippen LogP contribution in [0.5, 0.6) is 0 Å². The van der Waals surface area contributed by atoms with Crippen molar-refractivity contribution in [1.82, 2.24) is 4.90 Å². The molecule has 4 heteroatoms. The van der Waals surface area contributed by atoms with Gasteiger partial charge in [-0.2, -0.15) is 0 Å². The van der Waals surface area contributed by atoms with Crippen molar-refractivity contribution >= 4 is 6.09 Å². The van der Waals surface area contributed by atoms with Gasteiger partial charge in [-0.15, -0.1) is 0 Å². The topological polar surface area (TPSA) is 55.6 Å². The highest BCUT2D eigenvalue weighted by atomic mass is 16.6. The normalized spacial score (nSPS) is 38.9. The van der Waals surface area contributed by atoms with Gasteiger partial charge in [0.15, 0.2) is 0 Å². The fourth-order valence-electron chi connectivity index (χ4n) is 2.88. The molecule has 0 unspecified atom stereocenters. The van der Waals surface area contributed by atoms with E-state index in [0.717, 1.165) is 12.8 Å². The summed E-state index contributed by atoms with van der Waals surface area (Å²) in [5.74, 6) is 0. The molecule has 0 atom stereocenters. The molecule has 0 aromatic rings. The van der Waals surface area contributed by atoms with Crippen molar-refractivity contribution in [2.75, 3.05) is 6.54 Å². The lowest BCUT2D eigenvalue weighted by molar-refractivity contribution is 0.0104. The zero-order chi connectivity index (χ0) is 11.5. The Hall–Kier alpha value is -0.770. The fourth-order valence-corrected chi connectivity index (χ4v) is 2.88. The molecule has 2 heterocycles. The molecule has 0 spiro atoms. The Morgan fingerprint density at radius 3 is 2.27 bits per heavy atom. The first-order valence-corrected chi connectivity index (χ1v) is 5.43. The van der Waals surface area contributed by atoms with Crippen molar-refractivity contribution in [2.24, 2.45) is 5.73 Å². The second-order valence-corrected chi connectivity index (χ2v) is 6.28. The molecule has 0 aromatic carbocycles. The van der Waals surface area contributed by atoms with Crippen molar-refractivity contribution in [3.8, 4) is 0 Å². The summed E-state index contributed by atoms with van der Waals surface area (Å²) in [6, 6.07) is 0. The quantitative estimate of drug-likeness (QED) is 0.662. The van der Waals surface area contributed by atoms with Crippen LogP contribution >= 0.6 is 0 Å². The number of amides is 1. The molecular weight excluding hydrogens is 192 g/mol. The van der Waals surface area contributed by atoms with E-state index in [4.69, 9.17) is 10.5 Å². The Balaban J connectivity index is 2.05. The molecule has 3 fully saturated rings. The molecule has 4 nitrogen and oxygen atoms in total. The molecule has 1 saturated carbocycles. The first kappa shape index (κ1) is 10.7. The van der Waals surface area contributed by atoms with Gasteiger partial charge >= 0.3 is 6.09 Å². The average molecular weight is 212 g/mol. The van der Waals surface area contributed by atoms with Gasteiger partial charge in [0.1, 0.15) is 5.60 Å². The summed E-state index contributed by atoms with van der Waals surface area (Å²) >= 11 is 0. The Bertz CT molecular complexity index is 300. The van der Waals surface area contributed by atoms with Crippen LogP contribution in [0.25, 0.3) is 0 Å². The molecule has 2 N–H and O–H groups in total. The van der Waals surface area contributed by atoms with Gasteiger partial charge in [0.2, 0.25) is 0 Å². The first-order chi connectivity index (χ1) is 6.64. The second-order valence-electron chi connectivity index (χ2n) is 6.28. The van der Waals surface area contributed by atoms with Gasteiger partial charge in [-0.1, -0.05) is 0 Å². The molecule has 2 aliphatic heterocycles. The van der Waals surface area contributed by atoms with E-state index in [1.165, 1.54) is 0 Å². The maximum absolute atomic E-state index is 11.9. The Labute approximate surface area is 90.8 Å². The highest BCUT2D eigenvalue weighted by molar-refractivity contribution is 5.71. The van der Waals surface area contributed by atoms with Gasteiger partial charge in [0, 0.05) is 17.6 Å². The van der Waals surface area contributed by atoms with Crippen LogP contribution in [0.1, 0.15) is 40.5 Å². The molecule has 0 aromatic heterocycles. The van der Waals surface area contributed by atoms with Crippen LogP contribution in [-0.4, -0.2) is 34.2 Å². The van der Waals surface area contributed by atoms with Gasteiger partial charge in [-0.3, -0.25) is 0 Å². The maximum atomic E-state index is 11.9. The lowest BCUT2D eigenvalue weighted by Gasteiger charge is -2.43. The van der Waals surface area contributed by atoms with E-state index in [1.54, 1.807) is 4.90 Å². The first-order valence-electron chi connectivity index (χ1n) is 5.43. The molecule has 1 aliphatic carbocycles. The van der Waals surface area contributed by atoms with E-state index in [1.807, 2.05) is 20.8 Å². The Morgan fingerprint density at radius 1 is 1.40 bits per heavy atom. The minimum absolute atomic E-state index is 0.0584. The predicted molar refractivity (Wildman–Crippen MR) is 57.5 cm³/mol. The van der Waals surface area contributed by atoms with Crippen LogP contribution in [0.4, 0.5) is 4.79 Å². The van der Waals surface area contributed by atoms with Crippen molar-refractivity contribution in [2.45, 2.75) is 57.2 Å². The van der Waals surface area contributed by atoms with E-state index >= 15 is 0 Å². The summed E-state index contributed by atoms with van der Waals surface area (Å²) in [5.41, 5.74) is 5.44. The number of nitrogens with two attached hydrogens (primary N) is 1. The van der Waals surface area contributed by atoms with Crippen LogP contribution in [0.15, 0.2) is 0 Å². The summed E-state index contributed by atoms with van der Waals surface area (Å²) in [6.07, 6.45) is 1.58. The molecule has 86 valence electrons. The van der Waals surface area contributed by atoms with Crippen molar-refractivity contribution < 1.29 is 9.53 Å². The molecule has 2 saturated heterocycles. The number of carbonyl (C=O) groups excluding carboxylic acids is 1. The van der Waals surface area contributed by atoms with Crippen LogP contribution in [-0.2, 0) is 4.74 Å². The Kier molecular flexibility index (Phi) is 1.91. The summed E-state index contributed by atoms with van der Waals surface area (Å²) in [4.78, 5) is 13.7. The van der Waals surface area contributed by atoms with Crippen LogP contribution in [0, 0.1) is 0 Å². The SMILES string of the molecule is CC(C)(C)OC(=O)N1CC2(N)CC1(C)C2. The van der Waals surface area contributed by atoms with Crippen molar-refractivity contribution in [3.63, 3.8) is 0 Å². The number of fused-ring (bicyclic) bond motifs is 1. The molecule has 15 heavy (non-hydrogen) atoms. The van der Waals surface area contributed by atoms with Crippen LogP contribution < -0.4 is 5.73 Å². The fraction of sp³-hybridized carbons (Fsp3) is 0.909. The number of hydrogen-bond acceptors (Lipinski definition) is 3. The molecule has 1 amide bonds. The Morgan fingerprint density at radius 2 is 1.93 bits per heavy atom. The zero-order valence-corrected chi connectivity index (χ0v) is 9.96. The van der Waals surface area contributed by atoms with Crippen LogP contribution in [0.3, 0.4) is 0 Å². The van der Waals surface area contributed by atoms with Gasteiger partial charge in [-0.25, -0.2) is 4.79 Å². The summed E-state index contributed by atoms with van der Waals surface area (Å²) < 4.78 is 5.36. The lowest BCUT2D eigenvalue weighted by Crippen LogP contribution is -2.55. The van der Waals surface area contributed by atoms with Gasteiger partial charge in [0.25, 0.3) is 0 Å². The van der Waals surface area contributed by atoms with E-state index in [0.29, 0.717) is 6.54 Å². The standard InChI is InChI=1S/C11H20N2O2/c1-9(2,3)15-8(14)13-7-11(12)5-10(13,4)6-11/h5-7,12H2,1-4H3. The third-order valence-corrected chi connectivity index (χ3v) is 3.20. The number of hydrogen-bond donors (Lipinski definition) is 1. The summed E-state index contributed by atoms with van der Waals surface area (Å²) in [7, 11) is 0. The minimum Gasteiger partial charge on any atom is -0.444 e. The van der Waals surface area contributed by atoms with Crippen molar-refractivity contribution in [3.05, 3.63) is 0 Å². The largest absolute Gasteiger partial charge is 0.444 e. The lowest BCUT2D eigenvalue weighted by atomic mass is 9.69. The van der Waals surface area contributed by atoms with Gasteiger partial charge in [0.05, 0.1) is 0 Å². The van der Waals surface area contributed by atoms with E-state index in [2.05, 4.69) is 6.92 Å².